The Morgan fingerprint density at radius 3 is 2.39 bits per heavy atom. The highest BCUT2D eigenvalue weighted by Gasteiger charge is 2.31. The van der Waals surface area contributed by atoms with E-state index in [1.165, 1.54) is 19.3 Å². The van der Waals surface area contributed by atoms with Crippen LogP contribution < -0.4 is 5.32 Å². The van der Waals surface area contributed by atoms with Gasteiger partial charge >= 0.3 is 5.97 Å². The van der Waals surface area contributed by atoms with Crippen molar-refractivity contribution in [1.29, 1.82) is 0 Å². The molecule has 1 fully saturated rings. The van der Waals surface area contributed by atoms with Crippen molar-refractivity contribution < 1.29 is 28.6 Å². The molecule has 1 unspecified atom stereocenters. The maximum atomic E-state index is 12.5. The molecule has 1 aliphatic carbocycles. The van der Waals surface area contributed by atoms with E-state index in [9.17, 15) is 14.4 Å². The van der Waals surface area contributed by atoms with E-state index in [1.807, 2.05) is 13.8 Å². The summed E-state index contributed by atoms with van der Waals surface area (Å²) in [6.07, 6.45) is 8.31. The Bertz CT molecular complexity index is 595. The van der Waals surface area contributed by atoms with Gasteiger partial charge in [-0.15, -0.1) is 0 Å². The van der Waals surface area contributed by atoms with Crippen LogP contribution in [-0.4, -0.2) is 55.2 Å². The third kappa shape index (κ3) is 11.5. The Hall–Kier alpha value is -1.73. The number of carbonyl (C=O) groups is 3. The summed E-state index contributed by atoms with van der Waals surface area (Å²) in [7, 11) is 0. The molecule has 0 heterocycles. The van der Waals surface area contributed by atoms with Crippen LogP contribution in [0.2, 0.25) is 0 Å². The van der Waals surface area contributed by atoms with Gasteiger partial charge in [0, 0.05) is 18.6 Å². The number of amides is 1. The third-order valence-corrected chi connectivity index (χ3v) is 5.45. The Morgan fingerprint density at radius 2 is 1.74 bits per heavy atom. The topological polar surface area (TPSA) is 90.9 Å². The first-order valence-corrected chi connectivity index (χ1v) is 11.6. The van der Waals surface area contributed by atoms with Gasteiger partial charge in [0.15, 0.2) is 5.78 Å². The van der Waals surface area contributed by atoms with Crippen molar-refractivity contribution in [3.63, 3.8) is 0 Å². The molecule has 31 heavy (non-hydrogen) atoms. The molecular weight excluding hydrogens is 398 g/mol. The SMILES string of the molecule is C=C(C)C(=O)OCCNC(=O)C(C)OCCCCCC(=O)C(C)(C)OC1CCCCC1. The Labute approximate surface area is 187 Å². The quantitative estimate of drug-likeness (QED) is 0.237. The smallest absolute Gasteiger partial charge is 0.333 e. The number of nitrogens with one attached hydrogen (secondary N) is 1. The molecular formula is C24H41NO6. The van der Waals surface area contributed by atoms with Gasteiger partial charge in [-0.25, -0.2) is 4.79 Å². The maximum Gasteiger partial charge on any atom is 0.333 e. The number of carbonyl (C=O) groups excluding carboxylic acids is 3. The van der Waals surface area contributed by atoms with Gasteiger partial charge in [0.1, 0.15) is 18.3 Å². The molecule has 0 spiro atoms. The zero-order chi connectivity index (χ0) is 23.3. The number of ether oxygens (including phenoxy) is 3. The molecule has 1 atom stereocenters. The predicted molar refractivity (Wildman–Crippen MR) is 120 cm³/mol. The van der Waals surface area contributed by atoms with Crippen molar-refractivity contribution >= 4 is 17.7 Å². The normalized spacial score (nSPS) is 15.9. The first-order chi connectivity index (χ1) is 14.6. The summed E-state index contributed by atoms with van der Waals surface area (Å²) in [5.74, 6) is -0.566. The Kier molecular flexibility index (Phi) is 12.6. The van der Waals surface area contributed by atoms with Gasteiger partial charge < -0.3 is 19.5 Å². The molecule has 7 heteroatoms. The lowest BCUT2D eigenvalue weighted by molar-refractivity contribution is -0.149. The second-order valence-electron chi connectivity index (χ2n) is 8.84. The second kappa shape index (κ2) is 14.4. The molecule has 0 saturated heterocycles. The van der Waals surface area contributed by atoms with Crippen molar-refractivity contribution in [1.82, 2.24) is 5.32 Å². The first kappa shape index (κ1) is 27.3. The monoisotopic (exact) mass is 439 g/mol. The summed E-state index contributed by atoms with van der Waals surface area (Å²) in [4.78, 5) is 35.7. The molecule has 7 nitrogen and oxygen atoms in total. The van der Waals surface area contributed by atoms with Gasteiger partial charge in [-0.2, -0.15) is 0 Å². The lowest BCUT2D eigenvalue weighted by Crippen LogP contribution is -2.39. The van der Waals surface area contributed by atoms with Gasteiger partial charge in [0.05, 0.1) is 12.6 Å². The summed E-state index contributed by atoms with van der Waals surface area (Å²) < 4.78 is 16.6. The first-order valence-electron chi connectivity index (χ1n) is 11.6. The van der Waals surface area contributed by atoms with Crippen molar-refractivity contribution in [2.75, 3.05) is 19.8 Å². The fraction of sp³-hybridized carbons (Fsp3) is 0.792. The van der Waals surface area contributed by atoms with Crippen LogP contribution in [-0.2, 0) is 28.6 Å². The van der Waals surface area contributed by atoms with Crippen LogP contribution in [0.25, 0.3) is 0 Å². The van der Waals surface area contributed by atoms with Crippen LogP contribution in [0, 0.1) is 0 Å². The van der Waals surface area contributed by atoms with Gasteiger partial charge in [0.2, 0.25) is 5.91 Å². The number of rotatable bonds is 15. The zero-order valence-corrected chi connectivity index (χ0v) is 19.8. The van der Waals surface area contributed by atoms with Crippen LogP contribution in [0.1, 0.15) is 85.5 Å². The molecule has 1 saturated carbocycles. The predicted octanol–water partition coefficient (Wildman–Crippen LogP) is 3.88. The summed E-state index contributed by atoms with van der Waals surface area (Å²) in [6, 6.07) is 0. The van der Waals surface area contributed by atoms with Gasteiger partial charge in [0.25, 0.3) is 0 Å². The second-order valence-corrected chi connectivity index (χ2v) is 8.84. The fourth-order valence-corrected chi connectivity index (χ4v) is 3.45. The highest BCUT2D eigenvalue weighted by Crippen LogP contribution is 2.26. The van der Waals surface area contributed by atoms with Crippen molar-refractivity contribution in [3.05, 3.63) is 12.2 Å². The van der Waals surface area contributed by atoms with E-state index >= 15 is 0 Å². The lowest BCUT2D eigenvalue weighted by Gasteiger charge is -2.32. The third-order valence-electron chi connectivity index (χ3n) is 5.45. The van der Waals surface area contributed by atoms with Crippen LogP contribution in [0.4, 0.5) is 0 Å². The molecule has 0 radical (unpaired) electrons. The van der Waals surface area contributed by atoms with E-state index in [2.05, 4.69) is 11.9 Å². The minimum absolute atomic E-state index is 0.0962. The number of Topliss-reactive ketones (excluding diaryl/α,β-unsaturated/α-hetero) is 1. The average molecular weight is 440 g/mol. The van der Waals surface area contributed by atoms with Gasteiger partial charge in [-0.3, -0.25) is 9.59 Å². The van der Waals surface area contributed by atoms with Gasteiger partial charge in [-0.1, -0.05) is 32.3 Å². The number of hydrogen-bond acceptors (Lipinski definition) is 6. The summed E-state index contributed by atoms with van der Waals surface area (Å²) >= 11 is 0. The summed E-state index contributed by atoms with van der Waals surface area (Å²) in [5.41, 5.74) is -0.394. The Balaban J connectivity index is 2.09. The molecule has 0 aromatic heterocycles. The lowest BCUT2D eigenvalue weighted by atomic mass is 9.94. The van der Waals surface area contributed by atoms with Crippen molar-refractivity contribution in [2.45, 2.75) is 103 Å². The molecule has 0 aromatic carbocycles. The summed E-state index contributed by atoms with van der Waals surface area (Å²) in [5, 5.41) is 2.66. The van der Waals surface area contributed by atoms with Crippen LogP contribution in [0.15, 0.2) is 12.2 Å². The van der Waals surface area contributed by atoms with E-state index in [4.69, 9.17) is 14.2 Å². The summed E-state index contributed by atoms with van der Waals surface area (Å²) in [6.45, 7) is 11.3. The van der Waals surface area contributed by atoms with Crippen molar-refractivity contribution in [3.8, 4) is 0 Å². The minimum Gasteiger partial charge on any atom is -0.460 e. The number of esters is 1. The van der Waals surface area contributed by atoms with E-state index in [0.29, 0.717) is 18.6 Å². The molecule has 1 rings (SSSR count). The van der Waals surface area contributed by atoms with E-state index in [1.54, 1.807) is 13.8 Å². The molecule has 178 valence electrons. The van der Waals surface area contributed by atoms with Crippen LogP contribution >= 0.6 is 0 Å². The molecule has 0 aromatic rings. The highest BCUT2D eigenvalue weighted by molar-refractivity contribution is 5.87. The maximum absolute atomic E-state index is 12.5. The van der Waals surface area contributed by atoms with E-state index in [0.717, 1.165) is 32.1 Å². The zero-order valence-electron chi connectivity index (χ0n) is 19.8. The number of hydrogen-bond donors (Lipinski definition) is 1. The van der Waals surface area contributed by atoms with E-state index < -0.39 is 17.7 Å². The molecule has 1 aliphatic rings. The van der Waals surface area contributed by atoms with Crippen molar-refractivity contribution in [2.24, 2.45) is 0 Å². The highest BCUT2D eigenvalue weighted by atomic mass is 16.5. The molecule has 1 N–H and O–H groups in total. The fourth-order valence-electron chi connectivity index (χ4n) is 3.45. The average Bonchev–Trinajstić information content (AvgIpc) is 2.73. The molecule has 0 aliphatic heterocycles. The van der Waals surface area contributed by atoms with E-state index in [-0.39, 0.29) is 30.9 Å². The van der Waals surface area contributed by atoms with Crippen LogP contribution in [0.5, 0.6) is 0 Å². The van der Waals surface area contributed by atoms with Crippen LogP contribution in [0.3, 0.4) is 0 Å². The standard InChI is InChI=1S/C24H41NO6/c1-18(2)23(28)30-17-15-25-22(27)19(3)29-16-11-7-10-14-21(26)24(4,5)31-20-12-8-6-9-13-20/h19-20H,1,6-17H2,2-5H3,(H,25,27). The minimum atomic E-state index is -0.718. The number of unbranched alkanes of at least 4 members (excludes halogenated alkanes) is 2. The number of ketones is 1. The molecule has 1 amide bonds. The van der Waals surface area contributed by atoms with Gasteiger partial charge in [-0.05, 0) is 53.4 Å². The largest absolute Gasteiger partial charge is 0.460 e. The Morgan fingerprint density at radius 1 is 1.06 bits per heavy atom. The molecule has 0 bridgehead atoms.